The van der Waals surface area contributed by atoms with Crippen LogP contribution in [-0.2, 0) is 13.6 Å². The number of hydrazine groups is 1. The number of hydrogen-bond acceptors (Lipinski definition) is 6. The summed E-state index contributed by atoms with van der Waals surface area (Å²) in [5.74, 6) is -1.37. The van der Waals surface area contributed by atoms with Gasteiger partial charge in [0, 0.05) is 38.3 Å². The number of halogens is 2. The molecule has 9 nitrogen and oxygen atoms in total. The third-order valence-corrected chi connectivity index (χ3v) is 5.79. The van der Waals surface area contributed by atoms with Crippen molar-refractivity contribution in [2.45, 2.75) is 6.54 Å². The molecule has 2 N–H and O–H groups in total. The first-order chi connectivity index (χ1) is 16.7. The van der Waals surface area contributed by atoms with E-state index in [1.165, 1.54) is 17.3 Å². The third-order valence-electron chi connectivity index (χ3n) is 5.79. The maximum Gasteiger partial charge on any atom is 0.268 e. The average Bonchev–Trinajstić information content (AvgIpc) is 3.44. The monoisotopic (exact) mass is 476 g/mol. The molecule has 0 aliphatic rings. The second-order valence-electron chi connectivity index (χ2n) is 8.29. The topological polar surface area (TPSA) is 98.1 Å². The lowest BCUT2D eigenvalue weighted by molar-refractivity contribution is 0.0148. The van der Waals surface area contributed by atoms with E-state index < -0.39 is 11.6 Å². The summed E-state index contributed by atoms with van der Waals surface area (Å²) < 4.78 is 31.1. The van der Waals surface area contributed by atoms with E-state index in [0.29, 0.717) is 28.0 Å². The molecule has 2 aromatic carbocycles. The standard InChI is InChI=1S/C24H22F2N8O/c1-31(2)34(13-15-9-10-33(30-15)22-18(25)5-4-6-19(22)26)24(35)14-7-8-20-16(11-14)21-17(23(27)29-20)12-28-32(21)3/h4-12H,13H2,1-3H3,(H2,27,29). The van der Waals surface area contributed by atoms with Crippen molar-refractivity contribution in [2.75, 3.05) is 19.8 Å². The van der Waals surface area contributed by atoms with E-state index in [2.05, 4.69) is 15.2 Å². The molecule has 3 heterocycles. The second-order valence-corrected chi connectivity index (χ2v) is 8.29. The Morgan fingerprint density at radius 3 is 2.54 bits per heavy atom. The number of carbonyl (C=O) groups is 1. The molecule has 0 radical (unpaired) electrons. The first kappa shape index (κ1) is 22.4. The number of nitrogens with zero attached hydrogens (tertiary/aromatic N) is 7. The van der Waals surface area contributed by atoms with Crippen molar-refractivity contribution in [1.29, 1.82) is 0 Å². The van der Waals surface area contributed by atoms with Gasteiger partial charge in [-0.15, -0.1) is 0 Å². The number of nitrogen functional groups attached to an aromatic ring is 1. The Kier molecular flexibility index (Phi) is 5.40. The van der Waals surface area contributed by atoms with E-state index in [1.807, 2.05) is 0 Å². The lowest BCUT2D eigenvalue weighted by Gasteiger charge is -2.28. The molecule has 35 heavy (non-hydrogen) atoms. The molecular weight excluding hydrogens is 454 g/mol. The van der Waals surface area contributed by atoms with Crippen molar-refractivity contribution in [2.24, 2.45) is 7.05 Å². The van der Waals surface area contributed by atoms with Gasteiger partial charge in [0.05, 0.1) is 34.9 Å². The molecule has 1 amide bonds. The summed E-state index contributed by atoms with van der Waals surface area (Å²) in [6.45, 7) is 0.0913. The minimum Gasteiger partial charge on any atom is -0.383 e. The molecule has 0 atom stereocenters. The van der Waals surface area contributed by atoms with E-state index in [0.717, 1.165) is 27.7 Å². The molecule has 178 valence electrons. The van der Waals surface area contributed by atoms with Gasteiger partial charge in [-0.2, -0.15) is 10.2 Å². The predicted octanol–water partition coefficient (Wildman–Crippen LogP) is 3.29. The van der Waals surface area contributed by atoms with Crippen LogP contribution >= 0.6 is 0 Å². The molecule has 0 aliphatic carbocycles. The number of para-hydroxylation sites is 1. The number of aryl methyl sites for hydroxylation is 1. The number of carbonyl (C=O) groups excluding carboxylic acids is 1. The maximum atomic E-state index is 14.2. The summed E-state index contributed by atoms with van der Waals surface area (Å²) in [5.41, 5.74) is 8.11. The average molecular weight is 476 g/mol. The molecule has 5 aromatic rings. The summed E-state index contributed by atoms with van der Waals surface area (Å²) in [7, 11) is 5.26. The Bertz CT molecular complexity index is 1570. The van der Waals surface area contributed by atoms with E-state index in [1.54, 1.807) is 61.3 Å². The van der Waals surface area contributed by atoms with Gasteiger partial charge in [-0.05, 0) is 36.4 Å². The quantitative estimate of drug-likeness (QED) is 0.391. The Morgan fingerprint density at radius 1 is 1.09 bits per heavy atom. The summed E-state index contributed by atoms with van der Waals surface area (Å²) in [4.78, 5) is 17.9. The van der Waals surface area contributed by atoms with Crippen LogP contribution in [-0.4, -0.2) is 54.6 Å². The molecule has 11 heteroatoms. The minimum atomic E-state index is -0.730. The molecule has 0 saturated heterocycles. The Morgan fingerprint density at radius 2 is 1.83 bits per heavy atom. The molecule has 0 bridgehead atoms. The van der Waals surface area contributed by atoms with Crippen molar-refractivity contribution in [1.82, 2.24) is 34.6 Å². The van der Waals surface area contributed by atoms with Crippen LogP contribution < -0.4 is 5.73 Å². The van der Waals surface area contributed by atoms with Crippen molar-refractivity contribution in [3.63, 3.8) is 0 Å². The molecule has 0 unspecified atom stereocenters. The zero-order chi connectivity index (χ0) is 24.9. The minimum absolute atomic E-state index is 0.0913. The largest absolute Gasteiger partial charge is 0.383 e. The fourth-order valence-corrected chi connectivity index (χ4v) is 4.07. The fraction of sp³-hybridized carbons (Fsp3) is 0.167. The molecule has 0 fully saturated rings. The van der Waals surface area contributed by atoms with Crippen LogP contribution in [0, 0.1) is 11.6 Å². The van der Waals surface area contributed by atoms with Crippen molar-refractivity contribution >= 4 is 33.5 Å². The van der Waals surface area contributed by atoms with Crippen molar-refractivity contribution in [3.05, 3.63) is 77.8 Å². The van der Waals surface area contributed by atoms with Gasteiger partial charge in [-0.25, -0.2) is 23.5 Å². The SMILES string of the molecule is CN(C)N(Cc1ccn(-c2c(F)cccc2F)n1)C(=O)c1ccc2nc(N)c3cnn(C)c3c2c1. The molecule has 0 saturated carbocycles. The third kappa shape index (κ3) is 3.85. The Hall–Kier alpha value is -4.38. The van der Waals surface area contributed by atoms with Gasteiger partial charge in [-0.1, -0.05) is 6.07 Å². The maximum absolute atomic E-state index is 14.2. The highest BCUT2D eigenvalue weighted by Gasteiger charge is 2.22. The smallest absolute Gasteiger partial charge is 0.268 e. The molecule has 3 aromatic heterocycles. The zero-order valence-corrected chi connectivity index (χ0v) is 19.3. The number of aromatic nitrogens is 5. The zero-order valence-electron chi connectivity index (χ0n) is 19.3. The molecule has 0 aliphatic heterocycles. The van der Waals surface area contributed by atoms with Gasteiger partial charge in [0.25, 0.3) is 5.91 Å². The molecular formula is C24H22F2N8O. The molecule has 5 rings (SSSR count). The highest BCUT2D eigenvalue weighted by molar-refractivity contribution is 6.10. The van der Waals surface area contributed by atoms with E-state index in [-0.39, 0.29) is 18.1 Å². The summed E-state index contributed by atoms with van der Waals surface area (Å²) >= 11 is 0. The predicted molar refractivity (Wildman–Crippen MR) is 127 cm³/mol. The van der Waals surface area contributed by atoms with Crippen molar-refractivity contribution < 1.29 is 13.6 Å². The highest BCUT2D eigenvalue weighted by atomic mass is 19.1. The van der Waals surface area contributed by atoms with Crippen LogP contribution in [0.15, 0.2) is 54.9 Å². The number of anilines is 1. The summed E-state index contributed by atoms with van der Waals surface area (Å²) in [6.07, 6.45) is 3.10. The lowest BCUT2D eigenvalue weighted by atomic mass is 10.1. The van der Waals surface area contributed by atoms with Gasteiger partial charge in [0.15, 0.2) is 11.6 Å². The van der Waals surface area contributed by atoms with Crippen molar-refractivity contribution in [3.8, 4) is 5.69 Å². The van der Waals surface area contributed by atoms with Gasteiger partial charge >= 0.3 is 0 Å². The number of rotatable bonds is 5. The van der Waals surface area contributed by atoms with Crippen LogP contribution in [0.25, 0.3) is 27.5 Å². The number of fused-ring (bicyclic) bond motifs is 3. The van der Waals surface area contributed by atoms with Crippen LogP contribution in [0.4, 0.5) is 14.6 Å². The van der Waals surface area contributed by atoms with Crippen LogP contribution in [0.2, 0.25) is 0 Å². The number of amides is 1. The fourth-order valence-electron chi connectivity index (χ4n) is 4.07. The van der Waals surface area contributed by atoms with Gasteiger partial charge in [-0.3, -0.25) is 14.5 Å². The van der Waals surface area contributed by atoms with E-state index in [9.17, 15) is 13.6 Å². The highest BCUT2D eigenvalue weighted by Crippen LogP contribution is 2.28. The summed E-state index contributed by atoms with van der Waals surface area (Å²) in [5, 5.41) is 13.1. The first-order valence-corrected chi connectivity index (χ1v) is 10.7. The van der Waals surface area contributed by atoms with Gasteiger partial charge in [0.1, 0.15) is 11.5 Å². The Labute approximate surface area is 198 Å². The van der Waals surface area contributed by atoms with Crippen LogP contribution in [0.5, 0.6) is 0 Å². The number of hydrogen-bond donors (Lipinski definition) is 1. The second kappa shape index (κ2) is 8.44. The van der Waals surface area contributed by atoms with Gasteiger partial charge < -0.3 is 5.73 Å². The normalized spacial score (nSPS) is 11.6. The summed E-state index contributed by atoms with van der Waals surface area (Å²) in [6, 6.07) is 10.4. The Balaban J connectivity index is 1.49. The lowest BCUT2D eigenvalue weighted by Crippen LogP contribution is -2.41. The van der Waals surface area contributed by atoms with E-state index in [4.69, 9.17) is 5.73 Å². The first-order valence-electron chi connectivity index (χ1n) is 10.7. The molecule has 0 spiro atoms. The van der Waals surface area contributed by atoms with E-state index >= 15 is 0 Å². The number of benzene rings is 2. The van der Waals surface area contributed by atoms with Crippen LogP contribution in [0.1, 0.15) is 16.1 Å². The van der Waals surface area contributed by atoms with Crippen LogP contribution in [0.3, 0.4) is 0 Å². The van der Waals surface area contributed by atoms with Gasteiger partial charge in [0.2, 0.25) is 0 Å². The number of pyridine rings is 1. The number of nitrogens with two attached hydrogens (primary N) is 1.